The lowest BCUT2D eigenvalue weighted by atomic mass is 10.2. The quantitative estimate of drug-likeness (QED) is 0.847. The first kappa shape index (κ1) is 14.3. The summed E-state index contributed by atoms with van der Waals surface area (Å²) in [6, 6.07) is 4.50. The van der Waals surface area contributed by atoms with Gasteiger partial charge < -0.3 is 15.8 Å². The smallest absolute Gasteiger partial charge is 0.224 e. The van der Waals surface area contributed by atoms with Gasteiger partial charge in [0.1, 0.15) is 0 Å². The van der Waals surface area contributed by atoms with Gasteiger partial charge in [-0.1, -0.05) is 0 Å². The van der Waals surface area contributed by atoms with Gasteiger partial charge in [-0.25, -0.2) is 9.37 Å². The van der Waals surface area contributed by atoms with Crippen molar-refractivity contribution in [3.63, 3.8) is 0 Å². The summed E-state index contributed by atoms with van der Waals surface area (Å²) < 4.78 is 18.9. The molecule has 1 aromatic carbocycles. The second-order valence-electron chi connectivity index (χ2n) is 4.04. The number of hydrogen-bond acceptors (Lipinski definition) is 5. The SMILES string of the molecule is CCOc1ccc(Nc2nc(Cl)nc(C)c2N)cc1F. The molecule has 0 aliphatic carbocycles. The van der Waals surface area contributed by atoms with Gasteiger partial charge in [0.15, 0.2) is 17.4 Å². The summed E-state index contributed by atoms with van der Waals surface area (Å²) in [6.07, 6.45) is 0. The number of aryl methyl sites for hydroxylation is 1. The van der Waals surface area contributed by atoms with Crippen molar-refractivity contribution in [1.29, 1.82) is 0 Å². The van der Waals surface area contributed by atoms with E-state index in [1.807, 2.05) is 0 Å². The predicted molar refractivity (Wildman–Crippen MR) is 77.0 cm³/mol. The second kappa shape index (κ2) is 5.92. The molecule has 0 bridgehead atoms. The van der Waals surface area contributed by atoms with Gasteiger partial charge in [0.2, 0.25) is 5.28 Å². The van der Waals surface area contributed by atoms with Crippen molar-refractivity contribution in [3.8, 4) is 5.75 Å². The van der Waals surface area contributed by atoms with Crippen molar-refractivity contribution < 1.29 is 9.13 Å². The zero-order valence-electron chi connectivity index (χ0n) is 11.1. The van der Waals surface area contributed by atoms with Crippen LogP contribution in [0.15, 0.2) is 18.2 Å². The highest BCUT2D eigenvalue weighted by atomic mass is 35.5. The minimum Gasteiger partial charge on any atom is -0.491 e. The van der Waals surface area contributed by atoms with E-state index in [1.54, 1.807) is 19.9 Å². The third-order valence-electron chi connectivity index (χ3n) is 2.60. The molecule has 5 nitrogen and oxygen atoms in total. The number of halogens is 2. The fourth-order valence-corrected chi connectivity index (χ4v) is 1.84. The van der Waals surface area contributed by atoms with Gasteiger partial charge in [-0.05, 0) is 37.6 Å². The Hall–Kier alpha value is -2.08. The predicted octanol–water partition coefficient (Wildman–Crippen LogP) is 3.30. The Labute approximate surface area is 120 Å². The number of aromatic nitrogens is 2. The molecule has 0 radical (unpaired) electrons. The summed E-state index contributed by atoms with van der Waals surface area (Å²) in [4.78, 5) is 7.91. The van der Waals surface area contributed by atoms with Crippen LogP contribution in [0.4, 0.5) is 21.6 Å². The number of benzene rings is 1. The second-order valence-corrected chi connectivity index (χ2v) is 4.38. The van der Waals surface area contributed by atoms with E-state index in [-0.39, 0.29) is 11.0 Å². The van der Waals surface area contributed by atoms with Crippen molar-refractivity contribution in [2.24, 2.45) is 0 Å². The molecule has 2 aromatic rings. The van der Waals surface area contributed by atoms with Crippen LogP contribution in [0, 0.1) is 12.7 Å². The standard InChI is InChI=1S/C13H14ClFN4O/c1-3-20-10-5-4-8(6-9(10)15)18-12-11(16)7(2)17-13(14)19-12/h4-6H,3,16H2,1-2H3,(H,17,18,19). The third-order valence-corrected chi connectivity index (χ3v) is 2.77. The number of nitrogen functional groups attached to an aromatic ring is 1. The average Bonchev–Trinajstić information content (AvgIpc) is 2.39. The first-order valence-electron chi connectivity index (χ1n) is 6.00. The molecule has 7 heteroatoms. The number of hydrogen-bond donors (Lipinski definition) is 2. The van der Waals surface area contributed by atoms with Crippen LogP contribution >= 0.6 is 11.6 Å². The number of nitrogens with two attached hydrogens (primary N) is 1. The van der Waals surface area contributed by atoms with E-state index in [0.29, 0.717) is 29.5 Å². The zero-order chi connectivity index (χ0) is 14.7. The molecule has 0 atom stereocenters. The van der Waals surface area contributed by atoms with Crippen molar-refractivity contribution in [1.82, 2.24) is 9.97 Å². The molecule has 0 aliphatic rings. The molecule has 2 rings (SSSR count). The van der Waals surface area contributed by atoms with Gasteiger partial charge in [0.05, 0.1) is 18.0 Å². The highest BCUT2D eigenvalue weighted by Crippen LogP contribution is 2.27. The van der Waals surface area contributed by atoms with Crippen molar-refractivity contribution >= 4 is 28.8 Å². The molecule has 0 saturated carbocycles. The van der Waals surface area contributed by atoms with E-state index in [4.69, 9.17) is 22.1 Å². The van der Waals surface area contributed by atoms with E-state index in [0.717, 1.165) is 0 Å². The Bertz CT molecular complexity index is 636. The number of nitrogens with zero attached hydrogens (tertiary/aromatic N) is 2. The van der Waals surface area contributed by atoms with Crippen LogP contribution < -0.4 is 15.8 Å². The molecule has 3 N–H and O–H groups in total. The lowest BCUT2D eigenvalue weighted by Gasteiger charge is -2.11. The molecule has 0 fully saturated rings. The molecular formula is C13H14ClFN4O. The van der Waals surface area contributed by atoms with E-state index < -0.39 is 5.82 Å². The molecule has 106 valence electrons. The van der Waals surface area contributed by atoms with Gasteiger partial charge in [-0.3, -0.25) is 0 Å². The van der Waals surface area contributed by atoms with Crippen LogP contribution in [0.25, 0.3) is 0 Å². The minimum atomic E-state index is -0.465. The highest BCUT2D eigenvalue weighted by Gasteiger charge is 2.10. The summed E-state index contributed by atoms with van der Waals surface area (Å²) in [6.45, 7) is 3.90. The molecule has 20 heavy (non-hydrogen) atoms. The fraction of sp³-hybridized carbons (Fsp3) is 0.231. The maximum atomic E-state index is 13.7. The molecular weight excluding hydrogens is 283 g/mol. The van der Waals surface area contributed by atoms with Gasteiger partial charge in [-0.2, -0.15) is 4.98 Å². The maximum Gasteiger partial charge on any atom is 0.224 e. The lowest BCUT2D eigenvalue weighted by molar-refractivity contribution is 0.321. The number of anilines is 3. The summed E-state index contributed by atoms with van der Waals surface area (Å²) in [5.41, 5.74) is 7.26. The molecule has 0 unspecified atom stereocenters. The largest absolute Gasteiger partial charge is 0.491 e. The summed E-state index contributed by atoms with van der Waals surface area (Å²) in [5.74, 6) is 0.0706. The van der Waals surface area contributed by atoms with Crippen molar-refractivity contribution in [2.75, 3.05) is 17.7 Å². The van der Waals surface area contributed by atoms with Gasteiger partial charge in [-0.15, -0.1) is 0 Å². The first-order chi connectivity index (χ1) is 9.51. The van der Waals surface area contributed by atoms with Crippen LogP contribution in [0.3, 0.4) is 0 Å². The van der Waals surface area contributed by atoms with Gasteiger partial charge in [0, 0.05) is 11.8 Å². The zero-order valence-corrected chi connectivity index (χ0v) is 11.8. The summed E-state index contributed by atoms with van der Waals surface area (Å²) in [7, 11) is 0. The molecule has 0 saturated heterocycles. The summed E-state index contributed by atoms with van der Waals surface area (Å²) in [5, 5.41) is 2.98. The van der Waals surface area contributed by atoms with E-state index >= 15 is 0 Å². The van der Waals surface area contributed by atoms with Crippen LogP contribution in [0.5, 0.6) is 5.75 Å². The first-order valence-corrected chi connectivity index (χ1v) is 6.38. The normalized spacial score (nSPS) is 10.4. The Kier molecular flexibility index (Phi) is 4.24. The number of nitrogens with one attached hydrogen (secondary N) is 1. The Morgan fingerprint density at radius 3 is 2.80 bits per heavy atom. The van der Waals surface area contributed by atoms with Gasteiger partial charge >= 0.3 is 0 Å². The van der Waals surface area contributed by atoms with Crippen molar-refractivity contribution in [3.05, 3.63) is 35.0 Å². The monoisotopic (exact) mass is 296 g/mol. The average molecular weight is 297 g/mol. The fourth-order valence-electron chi connectivity index (χ4n) is 1.63. The van der Waals surface area contributed by atoms with Crippen LogP contribution in [0.2, 0.25) is 5.28 Å². The third kappa shape index (κ3) is 3.08. The lowest BCUT2D eigenvalue weighted by Crippen LogP contribution is -2.04. The van der Waals surface area contributed by atoms with Gasteiger partial charge in [0.25, 0.3) is 0 Å². The molecule has 0 spiro atoms. The Morgan fingerprint density at radius 2 is 2.15 bits per heavy atom. The molecule has 0 amide bonds. The number of rotatable bonds is 4. The summed E-state index contributed by atoms with van der Waals surface area (Å²) >= 11 is 5.77. The maximum absolute atomic E-state index is 13.7. The van der Waals surface area contributed by atoms with Crippen molar-refractivity contribution in [2.45, 2.75) is 13.8 Å². The van der Waals surface area contributed by atoms with E-state index in [9.17, 15) is 4.39 Å². The Morgan fingerprint density at radius 1 is 1.40 bits per heavy atom. The number of ether oxygens (including phenoxy) is 1. The van der Waals surface area contributed by atoms with E-state index in [1.165, 1.54) is 12.1 Å². The molecule has 1 heterocycles. The van der Waals surface area contributed by atoms with Crippen LogP contribution in [0.1, 0.15) is 12.6 Å². The minimum absolute atomic E-state index is 0.0746. The highest BCUT2D eigenvalue weighted by molar-refractivity contribution is 6.28. The molecule has 1 aromatic heterocycles. The van der Waals surface area contributed by atoms with Crippen LogP contribution in [-0.4, -0.2) is 16.6 Å². The molecule has 0 aliphatic heterocycles. The Balaban J connectivity index is 2.29. The topological polar surface area (TPSA) is 73.1 Å². The van der Waals surface area contributed by atoms with Crippen LogP contribution in [-0.2, 0) is 0 Å². The van der Waals surface area contributed by atoms with E-state index in [2.05, 4.69) is 15.3 Å².